The Kier molecular flexibility index (Phi) is 14.0. The Morgan fingerprint density at radius 3 is 2.09 bits per heavy atom. The van der Waals surface area contributed by atoms with Crippen LogP contribution < -0.4 is 5.32 Å². The molecule has 4 heteroatoms. The van der Waals surface area contributed by atoms with Crippen molar-refractivity contribution >= 4 is 12.3 Å². The number of hydrogen-bond donors (Lipinski definition) is 2. The van der Waals surface area contributed by atoms with Gasteiger partial charge in [-0.15, -0.1) is 0 Å². The summed E-state index contributed by atoms with van der Waals surface area (Å²) in [5, 5.41) is 11.8. The van der Waals surface area contributed by atoms with E-state index in [2.05, 4.69) is 5.32 Å². The molecule has 128 valence electrons. The molecular formula is C18H33NO3. The van der Waals surface area contributed by atoms with Crippen LogP contribution in [0.4, 0.5) is 0 Å². The summed E-state index contributed by atoms with van der Waals surface area (Å²) in [4.78, 5) is 21.0. The van der Waals surface area contributed by atoms with Crippen molar-refractivity contribution in [3.8, 4) is 0 Å². The lowest BCUT2D eigenvalue weighted by Gasteiger charge is -2.11. The van der Waals surface area contributed by atoms with E-state index in [1.54, 1.807) is 6.08 Å². The number of nitrogens with one attached hydrogen (secondary N) is 1. The van der Waals surface area contributed by atoms with E-state index in [1.807, 2.05) is 14.0 Å². The van der Waals surface area contributed by atoms with Gasteiger partial charge in [-0.25, -0.2) is 4.79 Å². The predicted octanol–water partition coefficient (Wildman–Crippen LogP) is 3.81. The summed E-state index contributed by atoms with van der Waals surface area (Å²) in [5.41, 5.74) is 0. The maximum absolute atomic E-state index is 10.5. The maximum atomic E-state index is 10.5. The molecule has 0 heterocycles. The van der Waals surface area contributed by atoms with Gasteiger partial charge >= 0.3 is 5.97 Å². The van der Waals surface area contributed by atoms with Crippen molar-refractivity contribution in [2.24, 2.45) is 11.8 Å². The third-order valence-electron chi connectivity index (χ3n) is 3.94. The number of aliphatic carboxylic acids is 1. The Morgan fingerprint density at radius 2 is 1.59 bits per heavy atom. The lowest BCUT2D eigenvalue weighted by molar-refractivity contribution is -0.131. The normalized spacial score (nSPS) is 14.1. The van der Waals surface area contributed by atoms with E-state index in [0.29, 0.717) is 5.92 Å². The molecule has 0 aliphatic carbocycles. The average Bonchev–Trinajstić information content (AvgIpc) is 2.50. The van der Waals surface area contributed by atoms with E-state index in [0.717, 1.165) is 38.5 Å². The number of carbonyl (C=O) groups is 2. The van der Waals surface area contributed by atoms with Gasteiger partial charge in [0.25, 0.3) is 0 Å². The highest BCUT2D eigenvalue weighted by Gasteiger charge is 2.04. The SMILES string of the molecule is CNCC(C=CC(=O)O)CCCCCCCCCC(C)C=O. The summed E-state index contributed by atoms with van der Waals surface area (Å²) in [5.74, 6) is -0.348. The van der Waals surface area contributed by atoms with Crippen LogP contribution in [-0.4, -0.2) is 31.0 Å². The minimum atomic E-state index is -0.870. The molecule has 2 unspecified atom stereocenters. The van der Waals surface area contributed by atoms with Crippen molar-refractivity contribution in [2.75, 3.05) is 13.6 Å². The predicted molar refractivity (Wildman–Crippen MR) is 91.0 cm³/mol. The summed E-state index contributed by atoms with van der Waals surface area (Å²) in [7, 11) is 1.90. The zero-order valence-corrected chi connectivity index (χ0v) is 14.2. The van der Waals surface area contributed by atoms with Crippen LogP contribution in [0.25, 0.3) is 0 Å². The fourth-order valence-electron chi connectivity index (χ4n) is 2.57. The number of carboxylic acid groups (broad SMARTS) is 1. The fraction of sp³-hybridized carbons (Fsp3) is 0.778. The van der Waals surface area contributed by atoms with Gasteiger partial charge in [-0.2, -0.15) is 0 Å². The number of carboxylic acids is 1. The van der Waals surface area contributed by atoms with Crippen molar-refractivity contribution < 1.29 is 14.7 Å². The van der Waals surface area contributed by atoms with Crippen molar-refractivity contribution in [3.05, 3.63) is 12.2 Å². The number of unbranched alkanes of at least 4 members (excludes halogenated alkanes) is 6. The highest BCUT2D eigenvalue weighted by molar-refractivity contribution is 5.79. The van der Waals surface area contributed by atoms with Crippen LogP contribution >= 0.6 is 0 Å². The van der Waals surface area contributed by atoms with Crippen LogP contribution in [-0.2, 0) is 9.59 Å². The van der Waals surface area contributed by atoms with Crippen molar-refractivity contribution in [3.63, 3.8) is 0 Å². The summed E-state index contributed by atoms with van der Waals surface area (Å²) in [6, 6.07) is 0. The first-order valence-electron chi connectivity index (χ1n) is 8.61. The van der Waals surface area contributed by atoms with Gasteiger partial charge in [0.1, 0.15) is 6.29 Å². The molecule has 0 fully saturated rings. The van der Waals surface area contributed by atoms with Gasteiger partial charge < -0.3 is 15.2 Å². The van der Waals surface area contributed by atoms with E-state index in [-0.39, 0.29) is 5.92 Å². The van der Waals surface area contributed by atoms with Gasteiger partial charge in [0.2, 0.25) is 0 Å². The summed E-state index contributed by atoms with van der Waals surface area (Å²) in [6.07, 6.45) is 14.7. The highest BCUT2D eigenvalue weighted by Crippen LogP contribution is 2.15. The lowest BCUT2D eigenvalue weighted by atomic mass is 9.99. The molecule has 0 saturated carbocycles. The minimum absolute atomic E-state index is 0.211. The van der Waals surface area contributed by atoms with Crippen molar-refractivity contribution in [1.29, 1.82) is 0 Å². The van der Waals surface area contributed by atoms with Crippen LogP contribution in [0.3, 0.4) is 0 Å². The lowest BCUT2D eigenvalue weighted by Crippen LogP contribution is -2.17. The molecule has 4 nitrogen and oxygen atoms in total. The molecule has 0 bridgehead atoms. The molecular weight excluding hydrogens is 278 g/mol. The molecule has 0 radical (unpaired) electrons. The van der Waals surface area contributed by atoms with Gasteiger partial charge in [0.15, 0.2) is 0 Å². The molecule has 0 aromatic carbocycles. The minimum Gasteiger partial charge on any atom is -0.478 e. The zero-order valence-electron chi connectivity index (χ0n) is 14.2. The Hall–Kier alpha value is -1.16. The second-order valence-corrected chi connectivity index (χ2v) is 6.18. The van der Waals surface area contributed by atoms with E-state index in [9.17, 15) is 9.59 Å². The van der Waals surface area contributed by atoms with E-state index in [4.69, 9.17) is 5.11 Å². The van der Waals surface area contributed by atoms with E-state index < -0.39 is 5.97 Å². The Morgan fingerprint density at radius 1 is 1.05 bits per heavy atom. The molecule has 0 aromatic rings. The smallest absolute Gasteiger partial charge is 0.327 e. The zero-order chi connectivity index (χ0) is 16.6. The Balaban J connectivity index is 3.53. The standard InChI is InChI=1S/C18H33NO3/c1-16(15-20)10-8-6-4-3-5-7-9-11-17(14-19-2)12-13-18(21)22/h12-13,15-17,19H,3-11,14H2,1-2H3,(H,21,22). The van der Waals surface area contributed by atoms with E-state index in [1.165, 1.54) is 38.2 Å². The Labute approximate surface area is 135 Å². The molecule has 0 amide bonds. The quantitative estimate of drug-likeness (QED) is 0.274. The average molecular weight is 311 g/mol. The second kappa shape index (κ2) is 14.8. The summed E-state index contributed by atoms with van der Waals surface area (Å²) in [6.45, 7) is 2.81. The fourth-order valence-corrected chi connectivity index (χ4v) is 2.57. The largest absolute Gasteiger partial charge is 0.478 e. The first-order valence-corrected chi connectivity index (χ1v) is 8.61. The molecule has 0 aliphatic heterocycles. The number of rotatable bonds is 15. The first-order chi connectivity index (χ1) is 10.6. The van der Waals surface area contributed by atoms with Gasteiger partial charge in [-0.1, -0.05) is 57.9 Å². The molecule has 0 aromatic heterocycles. The van der Waals surface area contributed by atoms with Crippen molar-refractivity contribution in [1.82, 2.24) is 5.32 Å². The highest BCUT2D eigenvalue weighted by atomic mass is 16.4. The maximum Gasteiger partial charge on any atom is 0.327 e. The van der Waals surface area contributed by atoms with Crippen LogP contribution in [0.5, 0.6) is 0 Å². The van der Waals surface area contributed by atoms with Crippen LogP contribution in [0.1, 0.15) is 64.7 Å². The monoisotopic (exact) mass is 311 g/mol. The van der Waals surface area contributed by atoms with Gasteiger partial charge in [-0.3, -0.25) is 0 Å². The molecule has 0 rings (SSSR count). The summed E-state index contributed by atoms with van der Waals surface area (Å²) < 4.78 is 0. The van der Waals surface area contributed by atoms with Crippen LogP contribution in [0.15, 0.2) is 12.2 Å². The van der Waals surface area contributed by atoms with Crippen LogP contribution in [0, 0.1) is 11.8 Å². The second-order valence-electron chi connectivity index (χ2n) is 6.18. The summed E-state index contributed by atoms with van der Waals surface area (Å²) >= 11 is 0. The number of hydrogen-bond acceptors (Lipinski definition) is 3. The van der Waals surface area contributed by atoms with Gasteiger partial charge in [-0.05, 0) is 25.8 Å². The molecule has 2 N–H and O–H groups in total. The molecule has 2 atom stereocenters. The third-order valence-corrected chi connectivity index (χ3v) is 3.94. The van der Waals surface area contributed by atoms with Crippen molar-refractivity contribution in [2.45, 2.75) is 64.7 Å². The van der Waals surface area contributed by atoms with Gasteiger partial charge in [0, 0.05) is 18.5 Å². The molecule has 0 saturated heterocycles. The number of carbonyl (C=O) groups excluding carboxylic acids is 1. The van der Waals surface area contributed by atoms with Crippen LogP contribution in [0.2, 0.25) is 0 Å². The first kappa shape index (κ1) is 20.8. The Bertz CT molecular complexity index is 315. The molecule has 22 heavy (non-hydrogen) atoms. The molecule has 0 spiro atoms. The van der Waals surface area contributed by atoms with E-state index >= 15 is 0 Å². The third kappa shape index (κ3) is 13.8. The topological polar surface area (TPSA) is 66.4 Å². The van der Waals surface area contributed by atoms with Gasteiger partial charge in [0.05, 0.1) is 0 Å². The molecule has 0 aliphatic rings. The number of aldehydes is 1.